The van der Waals surface area contributed by atoms with Crippen LogP contribution in [0.5, 0.6) is 0 Å². The van der Waals surface area contributed by atoms with Crippen LogP contribution in [0.4, 0.5) is 11.5 Å². The first kappa shape index (κ1) is 24.5. The van der Waals surface area contributed by atoms with E-state index in [1.807, 2.05) is 32.0 Å². The number of anilines is 2. The molecule has 1 aromatic carbocycles. The van der Waals surface area contributed by atoms with E-state index in [1.54, 1.807) is 0 Å². The second-order valence-electron chi connectivity index (χ2n) is 7.95. The van der Waals surface area contributed by atoms with Gasteiger partial charge in [-0.3, -0.25) is 14.2 Å². The largest absolute Gasteiger partial charge is 0.394 e. The first-order chi connectivity index (χ1) is 15.7. The van der Waals surface area contributed by atoms with Crippen molar-refractivity contribution in [2.45, 2.75) is 57.6 Å². The van der Waals surface area contributed by atoms with Crippen molar-refractivity contribution in [2.24, 2.45) is 0 Å². The molecule has 2 heterocycles. The molecule has 0 aliphatic carbocycles. The van der Waals surface area contributed by atoms with Gasteiger partial charge in [0.2, 0.25) is 11.8 Å². The van der Waals surface area contributed by atoms with Crippen LogP contribution in [0.2, 0.25) is 0 Å². The summed E-state index contributed by atoms with van der Waals surface area (Å²) in [5.41, 5.74) is 1.87. The molecule has 0 saturated carbocycles. The molecule has 2 aromatic rings. The van der Waals surface area contributed by atoms with E-state index in [2.05, 4.69) is 15.6 Å². The van der Waals surface area contributed by atoms with Gasteiger partial charge in [0, 0.05) is 24.7 Å². The molecule has 0 bridgehead atoms. The maximum Gasteiger partial charge on any atom is 0.351 e. The third-order valence-corrected chi connectivity index (χ3v) is 5.44. The van der Waals surface area contributed by atoms with Gasteiger partial charge in [0.15, 0.2) is 6.23 Å². The normalized spacial score (nSPS) is 22.2. The molecular weight excluding hydrogens is 432 g/mol. The number of aliphatic hydroxyl groups excluding tert-OH is 3. The van der Waals surface area contributed by atoms with Crippen LogP contribution in [0, 0.1) is 13.8 Å². The minimum Gasteiger partial charge on any atom is -0.394 e. The highest BCUT2D eigenvalue weighted by Crippen LogP contribution is 2.28. The van der Waals surface area contributed by atoms with Crippen LogP contribution in [0.3, 0.4) is 0 Å². The van der Waals surface area contributed by atoms with Gasteiger partial charge in [0.05, 0.1) is 6.61 Å². The highest BCUT2D eigenvalue weighted by Gasteiger charge is 2.43. The number of aryl methyl sites for hydroxylation is 2. The summed E-state index contributed by atoms with van der Waals surface area (Å²) in [7, 11) is 0. The molecule has 3 rings (SSSR count). The Morgan fingerprint density at radius 1 is 1.06 bits per heavy atom. The van der Waals surface area contributed by atoms with Gasteiger partial charge >= 0.3 is 5.69 Å². The van der Waals surface area contributed by atoms with Gasteiger partial charge in [-0.15, -0.1) is 0 Å². The fourth-order valence-corrected chi connectivity index (χ4v) is 3.61. The Balaban J connectivity index is 1.50. The molecule has 0 spiro atoms. The van der Waals surface area contributed by atoms with Crippen LogP contribution in [-0.2, 0) is 14.3 Å². The molecule has 1 saturated heterocycles. The van der Waals surface area contributed by atoms with E-state index in [4.69, 9.17) is 9.84 Å². The number of nitrogens with one attached hydrogen (secondary N) is 2. The van der Waals surface area contributed by atoms with Crippen molar-refractivity contribution in [1.29, 1.82) is 0 Å². The molecule has 2 amide bonds. The number of carbonyl (C=O) groups is 2. The summed E-state index contributed by atoms with van der Waals surface area (Å²) >= 11 is 0. The van der Waals surface area contributed by atoms with Gasteiger partial charge < -0.3 is 30.7 Å². The second-order valence-corrected chi connectivity index (χ2v) is 7.95. The van der Waals surface area contributed by atoms with Gasteiger partial charge in [-0.1, -0.05) is 18.2 Å². The van der Waals surface area contributed by atoms with Crippen molar-refractivity contribution < 1.29 is 29.6 Å². The van der Waals surface area contributed by atoms with Crippen LogP contribution >= 0.6 is 0 Å². The lowest BCUT2D eigenvalue weighted by atomic mass is 10.1. The number of aromatic nitrogens is 2. The Hall–Kier alpha value is -3.12. The van der Waals surface area contributed by atoms with E-state index >= 15 is 0 Å². The fraction of sp³-hybridized carbons (Fsp3) is 0.455. The van der Waals surface area contributed by atoms with Gasteiger partial charge in [-0.2, -0.15) is 4.98 Å². The summed E-state index contributed by atoms with van der Waals surface area (Å²) < 4.78 is 6.27. The van der Waals surface area contributed by atoms with Crippen LogP contribution in [0.1, 0.15) is 36.6 Å². The number of hydrogen-bond donors (Lipinski definition) is 5. The van der Waals surface area contributed by atoms with E-state index in [9.17, 15) is 24.6 Å². The Kier molecular flexibility index (Phi) is 7.92. The topological polar surface area (TPSA) is 163 Å². The minimum absolute atomic E-state index is 0.00739. The molecule has 5 N–H and O–H groups in total. The average Bonchev–Trinajstić information content (AvgIpc) is 3.05. The van der Waals surface area contributed by atoms with E-state index in [1.165, 1.54) is 12.3 Å². The molecule has 0 radical (unpaired) electrons. The van der Waals surface area contributed by atoms with Gasteiger partial charge in [-0.25, -0.2) is 4.79 Å². The Morgan fingerprint density at radius 3 is 2.27 bits per heavy atom. The first-order valence-electron chi connectivity index (χ1n) is 10.6. The molecule has 11 heteroatoms. The van der Waals surface area contributed by atoms with Crippen molar-refractivity contribution in [3.05, 3.63) is 52.1 Å². The number of carbonyl (C=O) groups excluding carboxylic acids is 2. The SMILES string of the molecule is Cc1cccc(C)c1NC(=O)CCCC(=O)Nc1ccn([C@@H]2O[C@H](CO)[C@@H](O)[C@@H]2O)c(=O)n1. The zero-order valence-corrected chi connectivity index (χ0v) is 18.4. The van der Waals surface area contributed by atoms with Crippen molar-refractivity contribution in [2.75, 3.05) is 17.2 Å². The number of ether oxygens (including phenoxy) is 1. The summed E-state index contributed by atoms with van der Waals surface area (Å²) in [5.74, 6) is -0.597. The fourth-order valence-electron chi connectivity index (χ4n) is 3.61. The quantitative estimate of drug-likeness (QED) is 0.373. The van der Waals surface area contributed by atoms with E-state index in [0.29, 0.717) is 6.42 Å². The molecule has 1 aromatic heterocycles. The van der Waals surface area contributed by atoms with E-state index in [0.717, 1.165) is 21.4 Å². The van der Waals surface area contributed by atoms with Gasteiger partial charge in [0.1, 0.15) is 24.1 Å². The first-order valence-corrected chi connectivity index (χ1v) is 10.6. The van der Waals surface area contributed by atoms with E-state index in [-0.39, 0.29) is 24.6 Å². The third kappa shape index (κ3) is 5.82. The molecular formula is C22H28N4O7. The Morgan fingerprint density at radius 2 is 1.70 bits per heavy atom. The zero-order chi connectivity index (χ0) is 24.1. The number of aliphatic hydroxyl groups is 3. The number of hydrogen-bond acceptors (Lipinski definition) is 8. The summed E-state index contributed by atoms with van der Waals surface area (Å²) in [4.78, 5) is 40.4. The van der Waals surface area contributed by atoms with Crippen LogP contribution in [-0.4, -0.2) is 61.6 Å². The Bertz CT molecular complexity index is 1050. The molecule has 33 heavy (non-hydrogen) atoms. The molecule has 4 atom stereocenters. The van der Waals surface area contributed by atoms with Gasteiger partial charge in [0.25, 0.3) is 0 Å². The number of amides is 2. The lowest BCUT2D eigenvalue weighted by Crippen LogP contribution is -2.36. The highest BCUT2D eigenvalue weighted by molar-refractivity contribution is 5.93. The predicted molar refractivity (Wildman–Crippen MR) is 119 cm³/mol. The zero-order valence-electron chi connectivity index (χ0n) is 18.4. The van der Waals surface area contributed by atoms with Crippen molar-refractivity contribution >= 4 is 23.3 Å². The molecule has 178 valence electrons. The van der Waals surface area contributed by atoms with Crippen LogP contribution in [0.15, 0.2) is 35.3 Å². The predicted octanol–water partition coefficient (Wildman–Crippen LogP) is 0.219. The molecule has 11 nitrogen and oxygen atoms in total. The Labute approximate surface area is 190 Å². The monoisotopic (exact) mass is 460 g/mol. The summed E-state index contributed by atoms with van der Waals surface area (Å²) in [6.45, 7) is 3.29. The van der Waals surface area contributed by atoms with Crippen molar-refractivity contribution in [3.8, 4) is 0 Å². The summed E-state index contributed by atoms with van der Waals surface area (Å²) in [6.07, 6.45) is -3.22. The minimum atomic E-state index is -1.42. The number of benzene rings is 1. The number of nitrogens with zero attached hydrogens (tertiary/aromatic N) is 2. The standard InChI is InChI=1S/C22H28N4O7/c1-12-5-3-6-13(2)18(12)25-17(29)8-4-7-16(28)23-15-9-10-26(22(32)24-15)21-20(31)19(30)14(11-27)33-21/h3,5-6,9-10,14,19-21,27,30-31H,4,7-8,11H2,1-2H3,(H,25,29)(H,23,24,28,32)/t14-,19-,20+,21-/m1/s1. The molecule has 1 fully saturated rings. The smallest absolute Gasteiger partial charge is 0.351 e. The lowest BCUT2D eigenvalue weighted by molar-refractivity contribution is -0.117. The highest BCUT2D eigenvalue weighted by atomic mass is 16.6. The third-order valence-electron chi connectivity index (χ3n) is 5.44. The molecule has 1 aliphatic rings. The maximum atomic E-state index is 12.3. The summed E-state index contributed by atoms with van der Waals surface area (Å²) in [5, 5.41) is 34.4. The summed E-state index contributed by atoms with van der Waals surface area (Å²) in [6, 6.07) is 7.07. The van der Waals surface area contributed by atoms with Crippen LogP contribution < -0.4 is 16.3 Å². The average molecular weight is 460 g/mol. The number of rotatable bonds is 8. The molecule has 1 aliphatic heterocycles. The number of para-hydroxylation sites is 1. The van der Waals surface area contributed by atoms with E-state index < -0.39 is 42.7 Å². The molecule has 0 unspecified atom stereocenters. The van der Waals surface area contributed by atoms with Crippen molar-refractivity contribution in [3.63, 3.8) is 0 Å². The second kappa shape index (κ2) is 10.7. The van der Waals surface area contributed by atoms with Crippen LogP contribution in [0.25, 0.3) is 0 Å². The van der Waals surface area contributed by atoms with Crippen molar-refractivity contribution in [1.82, 2.24) is 9.55 Å². The lowest BCUT2D eigenvalue weighted by Gasteiger charge is -2.17. The maximum absolute atomic E-state index is 12.3. The van der Waals surface area contributed by atoms with Gasteiger partial charge in [-0.05, 0) is 37.5 Å².